The Bertz CT molecular complexity index is 1010. The van der Waals surface area contributed by atoms with Crippen LogP contribution in [0.3, 0.4) is 0 Å². The fourth-order valence-electron chi connectivity index (χ4n) is 3.12. The number of hydrogen-bond acceptors (Lipinski definition) is 6. The smallest absolute Gasteiger partial charge is 0.289 e. The maximum absolute atomic E-state index is 12.8. The van der Waals surface area contributed by atoms with E-state index >= 15 is 0 Å². The molecule has 2 fully saturated rings. The number of aryl methyl sites for hydroxylation is 1. The molecule has 0 radical (unpaired) electrons. The molecule has 2 amide bonds. The Kier molecular flexibility index (Phi) is 4.90. The second-order valence-corrected chi connectivity index (χ2v) is 9.50. The van der Waals surface area contributed by atoms with Crippen LogP contribution in [0.15, 0.2) is 53.4 Å². The molecule has 0 saturated carbocycles. The first-order valence-corrected chi connectivity index (χ1v) is 11.1. The zero-order valence-electron chi connectivity index (χ0n) is 15.1. The van der Waals surface area contributed by atoms with E-state index in [9.17, 15) is 18.0 Å². The van der Waals surface area contributed by atoms with Crippen molar-refractivity contribution in [3.05, 3.63) is 54.1 Å². The van der Waals surface area contributed by atoms with Gasteiger partial charge in [-0.1, -0.05) is 30.0 Å². The third-order valence-electron chi connectivity index (χ3n) is 4.76. The first-order valence-electron chi connectivity index (χ1n) is 8.69. The van der Waals surface area contributed by atoms with Gasteiger partial charge in [0.2, 0.25) is 15.9 Å². The van der Waals surface area contributed by atoms with Gasteiger partial charge in [0, 0.05) is 13.1 Å². The van der Waals surface area contributed by atoms with Gasteiger partial charge in [-0.2, -0.15) is 4.31 Å². The fraction of sp³-hybridized carbons (Fsp3) is 0.263. The van der Waals surface area contributed by atoms with Crippen molar-refractivity contribution in [3.8, 4) is 11.5 Å². The van der Waals surface area contributed by atoms with Crippen molar-refractivity contribution < 1.29 is 22.7 Å². The Labute approximate surface area is 167 Å². The number of hydrogen-bond donors (Lipinski definition) is 0. The fourth-order valence-corrected chi connectivity index (χ4v) is 5.41. The van der Waals surface area contributed by atoms with Crippen molar-refractivity contribution in [1.29, 1.82) is 0 Å². The molecular weight excluding hydrogens is 400 g/mol. The molecule has 7 nitrogen and oxygen atoms in total. The third-order valence-corrected chi connectivity index (χ3v) is 7.44. The van der Waals surface area contributed by atoms with Gasteiger partial charge < -0.3 is 4.74 Å². The van der Waals surface area contributed by atoms with E-state index in [4.69, 9.17) is 4.74 Å². The highest BCUT2D eigenvalue weighted by Gasteiger charge is 2.45. The number of nitrogens with zero attached hydrogens (tertiary/aromatic N) is 2. The summed E-state index contributed by atoms with van der Waals surface area (Å²) in [5, 5.41) is -0.301. The molecule has 0 atom stereocenters. The minimum absolute atomic E-state index is 0.127. The Morgan fingerprint density at radius 2 is 1.71 bits per heavy atom. The van der Waals surface area contributed by atoms with E-state index in [0.717, 1.165) is 17.3 Å². The summed E-state index contributed by atoms with van der Waals surface area (Å²) in [5.74, 6) is 1.13. The number of imide groups is 1. The summed E-state index contributed by atoms with van der Waals surface area (Å²) in [6, 6.07) is 13.4. The number of thioether (sulfide) groups is 1. The Balaban J connectivity index is 1.43. The van der Waals surface area contributed by atoms with Crippen molar-refractivity contribution in [1.82, 2.24) is 9.21 Å². The van der Waals surface area contributed by atoms with Crippen molar-refractivity contribution >= 4 is 32.9 Å². The largest absolute Gasteiger partial charge is 0.457 e. The molecule has 0 bridgehead atoms. The first kappa shape index (κ1) is 19.0. The van der Waals surface area contributed by atoms with E-state index in [1.54, 1.807) is 12.1 Å². The van der Waals surface area contributed by atoms with Crippen molar-refractivity contribution in [2.45, 2.75) is 17.9 Å². The average molecular weight is 418 g/mol. The Morgan fingerprint density at radius 3 is 2.32 bits per heavy atom. The van der Waals surface area contributed by atoms with Gasteiger partial charge in [-0.05, 0) is 42.8 Å². The van der Waals surface area contributed by atoms with Crippen LogP contribution in [-0.2, 0) is 14.8 Å². The lowest BCUT2D eigenvalue weighted by atomic mass is 10.1. The molecule has 2 aromatic rings. The van der Waals surface area contributed by atoms with Crippen LogP contribution in [0.5, 0.6) is 11.5 Å². The van der Waals surface area contributed by atoms with E-state index in [1.807, 2.05) is 31.2 Å². The highest BCUT2D eigenvalue weighted by atomic mass is 32.2. The van der Waals surface area contributed by atoms with Crippen LogP contribution in [0.2, 0.25) is 0 Å². The van der Waals surface area contributed by atoms with Crippen LogP contribution in [0.4, 0.5) is 4.79 Å². The predicted octanol–water partition coefficient (Wildman–Crippen LogP) is 2.86. The molecule has 2 aliphatic rings. The van der Waals surface area contributed by atoms with Crippen LogP contribution < -0.4 is 4.74 Å². The number of sulfonamides is 1. The summed E-state index contributed by atoms with van der Waals surface area (Å²) in [6.07, 6.45) is 0. The molecule has 2 saturated heterocycles. The van der Waals surface area contributed by atoms with Gasteiger partial charge in [-0.25, -0.2) is 8.42 Å². The highest BCUT2D eigenvalue weighted by Crippen LogP contribution is 2.31. The summed E-state index contributed by atoms with van der Waals surface area (Å²) in [4.78, 5) is 24.8. The molecule has 0 N–H and O–H groups in total. The van der Waals surface area contributed by atoms with E-state index in [0.29, 0.717) is 11.5 Å². The molecule has 28 heavy (non-hydrogen) atoms. The molecule has 2 aromatic carbocycles. The quantitative estimate of drug-likeness (QED) is 0.742. The van der Waals surface area contributed by atoms with Gasteiger partial charge in [0.05, 0.1) is 16.7 Å². The van der Waals surface area contributed by atoms with Crippen molar-refractivity contribution in [3.63, 3.8) is 0 Å². The summed E-state index contributed by atoms with van der Waals surface area (Å²) >= 11 is 0.955. The lowest BCUT2D eigenvalue weighted by Crippen LogP contribution is -2.61. The number of rotatable bonds is 5. The number of carbonyl (C=O) groups excluding carboxylic acids is 2. The molecule has 0 spiro atoms. The van der Waals surface area contributed by atoms with E-state index in [1.165, 1.54) is 21.3 Å². The van der Waals surface area contributed by atoms with Crippen LogP contribution in [0.25, 0.3) is 0 Å². The second-order valence-electron chi connectivity index (χ2n) is 6.63. The number of para-hydroxylation sites is 1. The zero-order chi connectivity index (χ0) is 19.9. The van der Waals surface area contributed by atoms with Crippen LogP contribution in [0, 0.1) is 6.92 Å². The normalized spacial score (nSPS) is 18.4. The molecule has 2 heterocycles. The monoisotopic (exact) mass is 418 g/mol. The molecule has 2 aliphatic heterocycles. The standard InChI is InChI=1S/C19H18N2O5S2/c1-13-4-2-3-5-17(13)26-15-6-8-16(9-7-15)28(24,25)20-10-14(11-20)21-18(22)12-27-19(21)23/h2-9,14H,10-12H2,1H3. The lowest BCUT2D eigenvalue weighted by molar-refractivity contribution is -0.127. The maximum Gasteiger partial charge on any atom is 0.289 e. The number of ether oxygens (including phenoxy) is 1. The summed E-state index contributed by atoms with van der Waals surface area (Å²) in [7, 11) is -3.68. The number of carbonyl (C=O) groups is 2. The van der Waals surface area contributed by atoms with Gasteiger partial charge in [0.1, 0.15) is 11.5 Å². The molecule has 146 valence electrons. The zero-order valence-corrected chi connectivity index (χ0v) is 16.7. The predicted molar refractivity (Wildman–Crippen MR) is 105 cm³/mol. The van der Waals surface area contributed by atoms with E-state index < -0.39 is 10.0 Å². The molecule has 0 aliphatic carbocycles. The van der Waals surface area contributed by atoms with Crippen LogP contribution >= 0.6 is 11.8 Å². The molecule has 0 aromatic heterocycles. The molecule has 0 unspecified atom stereocenters. The third kappa shape index (κ3) is 3.41. The highest BCUT2D eigenvalue weighted by molar-refractivity contribution is 8.14. The summed E-state index contributed by atoms with van der Waals surface area (Å²) in [5.41, 5.74) is 0.981. The molecular formula is C19H18N2O5S2. The first-order chi connectivity index (χ1) is 13.4. The molecule has 4 rings (SSSR count). The Morgan fingerprint density at radius 1 is 1.04 bits per heavy atom. The van der Waals surface area contributed by atoms with Crippen LogP contribution in [-0.4, -0.2) is 53.7 Å². The van der Waals surface area contributed by atoms with Gasteiger partial charge in [-0.15, -0.1) is 0 Å². The Hall–Kier alpha value is -2.36. The van der Waals surface area contributed by atoms with Gasteiger partial charge in [0.25, 0.3) is 5.24 Å². The molecule has 9 heteroatoms. The van der Waals surface area contributed by atoms with Gasteiger partial charge in [0.15, 0.2) is 0 Å². The lowest BCUT2D eigenvalue weighted by Gasteiger charge is -2.41. The van der Waals surface area contributed by atoms with E-state index in [-0.39, 0.29) is 40.9 Å². The summed E-state index contributed by atoms with van der Waals surface area (Å²) in [6.45, 7) is 2.19. The minimum atomic E-state index is -3.68. The van der Waals surface area contributed by atoms with Crippen LogP contribution in [0.1, 0.15) is 5.56 Å². The number of amides is 2. The second kappa shape index (κ2) is 7.23. The topological polar surface area (TPSA) is 84.0 Å². The minimum Gasteiger partial charge on any atom is -0.457 e. The SMILES string of the molecule is Cc1ccccc1Oc1ccc(S(=O)(=O)N2CC(N3C(=O)CSC3=O)C2)cc1. The van der Waals surface area contributed by atoms with Gasteiger partial charge in [-0.3, -0.25) is 14.5 Å². The maximum atomic E-state index is 12.8. The number of benzene rings is 2. The van der Waals surface area contributed by atoms with Crippen molar-refractivity contribution in [2.75, 3.05) is 18.8 Å². The van der Waals surface area contributed by atoms with Crippen molar-refractivity contribution in [2.24, 2.45) is 0 Å². The van der Waals surface area contributed by atoms with E-state index in [2.05, 4.69) is 0 Å². The van der Waals surface area contributed by atoms with Gasteiger partial charge >= 0.3 is 0 Å². The summed E-state index contributed by atoms with van der Waals surface area (Å²) < 4.78 is 32.6. The average Bonchev–Trinajstić information content (AvgIpc) is 2.95.